The number of isocyanates is 2. The molecule has 0 atom stereocenters. The lowest BCUT2D eigenvalue weighted by Crippen LogP contribution is -1.96. The van der Waals surface area contributed by atoms with Crippen LogP contribution >= 0.6 is 23.1 Å². The van der Waals surface area contributed by atoms with Crippen molar-refractivity contribution in [1.29, 1.82) is 0 Å². The Balaban J connectivity index is 0.000000370. The number of carbonyl (C=O) groups is 1. The highest BCUT2D eigenvalue weighted by atomic mass is 32.2. The molecule has 0 aliphatic heterocycles. The Hall–Kier alpha value is -1.77. The third-order valence-corrected chi connectivity index (χ3v) is 3.88. The van der Waals surface area contributed by atoms with Crippen LogP contribution in [0.2, 0.25) is 0 Å². The molecule has 0 aromatic carbocycles. The number of rotatable bonds is 4. The number of hydrogen-bond acceptors (Lipinski definition) is 8. The summed E-state index contributed by atoms with van der Waals surface area (Å²) in [6.45, 7) is 0. The smallest absolute Gasteiger partial charge is 0.383 e. The van der Waals surface area contributed by atoms with Gasteiger partial charge in [-0.2, -0.15) is 8.42 Å². The van der Waals surface area contributed by atoms with Crippen LogP contribution in [0.1, 0.15) is 9.67 Å². The van der Waals surface area contributed by atoms with Gasteiger partial charge in [0.1, 0.15) is 4.88 Å². The summed E-state index contributed by atoms with van der Waals surface area (Å²) in [6.07, 6.45) is 3.39. The van der Waals surface area contributed by atoms with Gasteiger partial charge in [-0.3, -0.25) is 0 Å². The monoisotopic (exact) mass is 336 g/mol. The minimum Gasteiger partial charge on any atom is -0.465 e. The van der Waals surface area contributed by atoms with E-state index in [1.54, 1.807) is 11.8 Å². The van der Waals surface area contributed by atoms with Gasteiger partial charge in [-0.15, -0.1) is 23.1 Å². The van der Waals surface area contributed by atoms with Crippen molar-refractivity contribution in [2.45, 2.75) is 4.90 Å². The average Bonchev–Trinajstić information content (AvgIpc) is 2.87. The molecule has 8 nitrogen and oxygen atoms in total. The van der Waals surface area contributed by atoms with Crippen molar-refractivity contribution in [2.24, 2.45) is 8.80 Å². The molecule has 0 amide bonds. The number of ether oxygens (including phenoxy) is 1. The third kappa shape index (κ3) is 6.98. The fourth-order valence-corrected chi connectivity index (χ4v) is 2.50. The molecule has 0 saturated heterocycles. The zero-order valence-electron chi connectivity index (χ0n) is 10.2. The maximum Gasteiger partial charge on any atom is 0.383 e. The second-order valence-electron chi connectivity index (χ2n) is 2.66. The summed E-state index contributed by atoms with van der Waals surface area (Å²) in [4.78, 5) is 31.2. The van der Waals surface area contributed by atoms with Crippen molar-refractivity contribution in [1.82, 2.24) is 0 Å². The molecule has 0 aliphatic carbocycles. The quantitative estimate of drug-likeness (QED) is 0.350. The molecule has 0 radical (unpaired) electrons. The Morgan fingerprint density at radius 1 is 1.35 bits per heavy atom. The average molecular weight is 336 g/mol. The van der Waals surface area contributed by atoms with Gasteiger partial charge in [0, 0.05) is 10.3 Å². The van der Waals surface area contributed by atoms with Gasteiger partial charge < -0.3 is 4.74 Å². The second kappa shape index (κ2) is 9.18. The molecule has 108 valence electrons. The van der Waals surface area contributed by atoms with Crippen LogP contribution in [0.4, 0.5) is 0 Å². The number of thioether (sulfide) groups is 1. The first kappa shape index (κ1) is 18.2. The predicted molar refractivity (Wildman–Crippen MR) is 72.6 cm³/mol. The first-order valence-corrected chi connectivity index (χ1v) is 8.04. The zero-order valence-corrected chi connectivity index (χ0v) is 12.7. The van der Waals surface area contributed by atoms with E-state index in [1.807, 2.05) is 17.7 Å². The summed E-state index contributed by atoms with van der Waals surface area (Å²) in [5, 5.41) is 1.94. The number of nitrogens with zero attached hydrogens (tertiary/aromatic N) is 2. The van der Waals surface area contributed by atoms with E-state index in [4.69, 9.17) is 0 Å². The van der Waals surface area contributed by atoms with Crippen molar-refractivity contribution >= 4 is 51.4 Å². The van der Waals surface area contributed by atoms with Gasteiger partial charge in [-0.1, -0.05) is 8.80 Å². The van der Waals surface area contributed by atoms with Gasteiger partial charge in [0.05, 0.1) is 7.11 Å². The lowest BCUT2D eigenvalue weighted by atomic mass is 10.5. The van der Waals surface area contributed by atoms with Crippen molar-refractivity contribution in [3.05, 3.63) is 16.3 Å². The lowest BCUT2D eigenvalue weighted by Gasteiger charge is -1.91. The van der Waals surface area contributed by atoms with Crippen molar-refractivity contribution in [3.63, 3.8) is 0 Å². The van der Waals surface area contributed by atoms with Gasteiger partial charge in [0.15, 0.2) is 0 Å². The van der Waals surface area contributed by atoms with Crippen LogP contribution in [-0.2, 0) is 24.5 Å². The molecule has 1 heterocycles. The van der Waals surface area contributed by atoms with E-state index in [2.05, 4.69) is 13.5 Å². The molecule has 0 N–H and O–H groups in total. The largest absolute Gasteiger partial charge is 0.465 e. The summed E-state index contributed by atoms with van der Waals surface area (Å²) in [5.41, 5.74) is 0. The van der Waals surface area contributed by atoms with Crippen LogP contribution in [0, 0.1) is 0 Å². The SMILES string of the molecule is COC(=O)c1cc(SC)cs1.O=C=NS(=O)(=O)N=C=O. The van der Waals surface area contributed by atoms with Crippen LogP contribution in [0.3, 0.4) is 0 Å². The standard InChI is InChI=1S/C7H8O2S2.C2N2O4S/c1-9-7(8)6-3-5(10-2)4-11-6;5-1-3-9(7,8)4-2-6/h3-4H,1-2H3;. The van der Waals surface area contributed by atoms with Crippen LogP contribution in [0.25, 0.3) is 0 Å². The Morgan fingerprint density at radius 2 is 1.90 bits per heavy atom. The van der Waals surface area contributed by atoms with E-state index in [-0.39, 0.29) is 5.97 Å². The van der Waals surface area contributed by atoms with Crippen LogP contribution in [0.15, 0.2) is 25.1 Å². The van der Waals surface area contributed by atoms with E-state index in [9.17, 15) is 22.8 Å². The molecule has 1 aromatic rings. The van der Waals surface area contributed by atoms with Gasteiger partial charge >= 0.3 is 16.2 Å². The molecule has 0 unspecified atom stereocenters. The summed E-state index contributed by atoms with van der Waals surface area (Å²) >= 11 is 3.03. The Morgan fingerprint density at radius 3 is 2.25 bits per heavy atom. The van der Waals surface area contributed by atoms with Crippen LogP contribution in [-0.4, -0.2) is 39.9 Å². The Kier molecular flexibility index (Phi) is 8.37. The molecule has 0 spiro atoms. The zero-order chi connectivity index (χ0) is 15.6. The molecule has 11 heteroatoms. The summed E-state index contributed by atoms with van der Waals surface area (Å²) in [5.74, 6) is -0.254. The Bertz CT molecular complexity index is 629. The lowest BCUT2D eigenvalue weighted by molar-refractivity contribution is 0.0606. The van der Waals surface area contributed by atoms with Gasteiger partial charge in [0.25, 0.3) is 12.2 Å². The van der Waals surface area contributed by atoms with Crippen molar-refractivity contribution in [3.8, 4) is 0 Å². The van der Waals surface area contributed by atoms with E-state index < -0.39 is 10.2 Å². The van der Waals surface area contributed by atoms with Crippen molar-refractivity contribution in [2.75, 3.05) is 13.4 Å². The van der Waals surface area contributed by atoms with Crippen LogP contribution < -0.4 is 0 Å². The number of esters is 1. The maximum atomic E-state index is 10.9. The second-order valence-corrected chi connectivity index (χ2v) is 5.71. The highest BCUT2D eigenvalue weighted by molar-refractivity contribution is 7.98. The van der Waals surface area contributed by atoms with E-state index in [0.29, 0.717) is 17.0 Å². The maximum absolute atomic E-state index is 10.9. The van der Waals surface area contributed by atoms with E-state index in [0.717, 1.165) is 4.90 Å². The third-order valence-electron chi connectivity index (χ3n) is 1.50. The molecule has 20 heavy (non-hydrogen) atoms. The topological polar surface area (TPSA) is 119 Å². The van der Waals surface area contributed by atoms with E-state index in [1.165, 1.54) is 18.4 Å². The Labute approximate surface area is 122 Å². The van der Waals surface area contributed by atoms with E-state index >= 15 is 0 Å². The first-order chi connectivity index (χ1) is 9.40. The number of hydrogen-bond donors (Lipinski definition) is 0. The minimum absolute atomic E-state index is 0.254. The highest BCUT2D eigenvalue weighted by Gasteiger charge is 2.07. The number of methoxy groups -OCH3 is 1. The number of thiophene rings is 1. The normalized spacial score (nSPS) is 9.30. The minimum atomic E-state index is -4.28. The molecular formula is C9H8N2O6S3. The fraction of sp³-hybridized carbons (Fsp3) is 0.222. The van der Waals surface area contributed by atoms with Gasteiger partial charge in [-0.25, -0.2) is 14.4 Å². The molecule has 0 aliphatic rings. The van der Waals surface area contributed by atoms with Crippen LogP contribution in [0.5, 0.6) is 0 Å². The summed E-state index contributed by atoms with van der Waals surface area (Å²) < 4.78 is 28.9. The van der Waals surface area contributed by atoms with Gasteiger partial charge in [0.2, 0.25) is 0 Å². The summed E-state index contributed by atoms with van der Waals surface area (Å²) in [6, 6.07) is 1.83. The fourth-order valence-electron chi connectivity index (χ4n) is 0.748. The molecule has 0 saturated carbocycles. The molecule has 1 rings (SSSR count). The summed E-state index contributed by atoms with van der Waals surface area (Å²) in [7, 11) is -2.89. The number of carbonyl (C=O) groups excluding carboxylic acids is 3. The molecule has 1 aromatic heterocycles. The molecular weight excluding hydrogens is 328 g/mol. The molecule has 0 fully saturated rings. The predicted octanol–water partition coefficient (Wildman–Crippen LogP) is 1.16. The van der Waals surface area contributed by atoms with Crippen molar-refractivity contribution < 1.29 is 27.5 Å². The highest BCUT2D eigenvalue weighted by Crippen LogP contribution is 2.22. The van der Waals surface area contributed by atoms with Gasteiger partial charge in [-0.05, 0) is 12.3 Å². The first-order valence-electron chi connectivity index (χ1n) is 4.54. The molecule has 0 bridgehead atoms.